The third-order valence-electron chi connectivity index (χ3n) is 5.98. The van der Waals surface area contributed by atoms with E-state index < -0.39 is 0 Å². The molecule has 0 spiro atoms. The Kier molecular flexibility index (Phi) is 8.20. The molecule has 1 atom stereocenters. The van der Waals surface area contributed by atoms with Gasteiger partial charge in [-0.3, -0.25) is 4.90 Å². The normalized spacial score (nSPS) is 15.3. The molecule has 0 radical (unpaired) electrons. The van der Waals surface area contributed by atoms with Crippen LogP contribution in [0, 0.1) is 0 Å². The fourth-order valence-electron chi connectivity index (χ4n) is 4.12. The van der Waals surface area contributed by atoms with Gasteiger partial charge in [-0.05, 0) is 68.9 Å². The lowest BCUT2D eigenvalue weighted by atomic mass is 10.2. The van der Waals surface area contributed by atoms with Gasteiger partial charge in [0.05, 0.1) is 25.9 Å². The Morgan fingerprint density at radius 2 is 1.91 bits per heavy atom. The zero-order chi connectivity index (χ0) is 23.0. The smallest absolute Gasteiger partial charge is 0.174 e. The topological polar surface area (TPSA) is 50.1 Å². The summed E-state index contributed by atoms with van der Waals surface area (Å²) in [7, 11) is 0. The molecule has 1 unspecified atom stereocenters. The van der Waals surface area contributed by atoms with Crippen LogP contribution in [0.4, 0.5) is 5.69 Å². The maximum Gasteiger partial charge on any atom is 0.174 e. The molecule has 1 aliphatic rings. The molecule has 176 valence electrons. The number of thiocarbonyl (C=S) groups is 1. The zero-order valence-electron chi connectivity index (χ0n) is 19.5. The van der Waals surface area contributed by atoms with Crippen molar-refractivity contribution in [2.45, 2.75) is 26.3 Å². The average molecular weight is 468 g/mol. The molecule has 3 aromatic rings. The first-order valence-electron chi connectivity index (χ1n) is 11.7. The first-order chi connectivity index (χ1) is 16.1. The van der Waals surface area contributed by atoms with Crippen LogP contribution in [0.15, 0.2) is 59.0 Å². The van der Waals surface area contributed by atoms with Crippen LogP contribution < -0.4 is 10.1 Å². The SMILES string of the molecule is CCOc1ccc(NC(=S)N(CCCN2CCOCC2)C(C)c2cc3ccccc3o2)cc1. The number of para-hydroxylation sites is 1. The second-order valence-corrected chi connectivity index (χ2v) is 8.64. The second-order valence-electron chi connectivity index (χ2n) is 8.25. The molecule has 2 aromatic carbocycles. The summed E-state index contributed by atoms with van der Waals surface area (Å²) < 4.78 is 17.2. The quantitative estimate of drug-likeness (QED) is 0.428. The molecule has 33 heavy (non-hydrogen) atoms. The summed E-state index contributed by atoms with van der Waals surface area (Å²) in [6, 6.07) is 18.1. The summed E-state index contributed by atoms with van der Waals surface area (Å²) in [6.45, 7) is 10.3. The summed E-state index contributed by atoms with van der Waals surface area (Å²) in [5, 5.41) is 5.21. The summed E-state index contributed by atoms with van der Waals surface area (Å²) in [5.41, 5.74) is 1.84. The van der Waals surface area contributed by atoms with E-state index in [2.05, 4.69) is 34.2 Å². The molecule has 4 rings (SSSR count). The van der Waals surface area contributed by atoms with Crippen molar-refractivity contribution >= 4 is 34.0 Å². The van der Waals surface area contributed by atoms with E-state index in [1.807, 2.05) is 49.4 Å². The van der Waals surface area contributed by atoms with Crippen LogP contribution in [-0.4, -0.2) is 60.9 Å². The molecule has 6 nitrogen and oxygen atoms in total. The maximum atomic E-state index is 6.18. The van der Waals surface area contributed by atoms with Gasteiger partial charge in [0.25, 0.3) is 0 Å². The number of hydrogen-bond acceptors (Lipinski definition) is 5. The standard InChI is InChI=1S/C26H33N3O3S/c1-3-31-23-11-9-22(10-12-23)27-26(33)29(14-6-13-28-15-17-30-18-16-28)20(2)25-19-21-7-4-5-8-24(21)32-25/h4-5,7-12,19-20H,3,6,13-18H2,1-2H3,(H,27,33). The van der Waals surface area contributed by atoms with Gasteiger partial charge >= 0.3 is 0 Å². The van der Waals surface area contributed by atoms with Gasteiger partial charge in [0, 0.05) is 37.3 Å². The number of anilines is 1. The Labute approximate surface area is 201 Å². The molecule has 1 fully saturated rings. The van der Waals surface area contributed by atoms with E-state index in [9.17, 15) is 0 Å². The van der Waals surface area contributed by atoms with Crippen molar-refractivity contribution in [3.63, 3.8) is 0 Å². The average Bonchev–Trinajstić information content (AvgIpc) is 3.28. The fraction of sp³-hybridized carbons (Fsp3) is 0.423. The molecule has 1 saturated heterocycles. The number of morpholine rings is 1. The predicted molar refractivity (Wildman–Crippen MR) is 137 cm³/mol. The van der Waals surface area contributed by atoms with Gasteiger partial charge in [0.15, 0.2) is 5.11 Å². The molecule has 0 saturated carbocycles. The summed E-state index contributed by atoms with van der Waals surface area (Å²) >= 11 is 5.88. The molecule has 0 aliphatic carbocycles. The first-order valence-corrected chi connectivity index (χ1v) is 12.1. The molecule has 1 aromatic heterocycles. The molecule has 0 amide bonds. The van der Waals surface area contributed by atoms with Crippen LogP contribution in [0.3, 0.4) is 0 Å². The van der Waals surface area contributed by atoms with Crippen LogP contribution in [0.5, 0.6) is 5.75 Å². The highest BCUT2D eigenvalue weighted by Gasteiger charge is 2.22. The van der Waals surface area contributed by atoms with Crippen molar-refractivity contribution < 1.29 is 13.9 Å². The Morgan fingerprint density at radius 1 is 1.15 bits per heavy atom. The van der Waals surface area contributed by atoms with E-state index in [1.54, 1.807) is 0 Å². The third kappa shape index (κ3) is 6.25. The van der Waals surface area contributed by atoms with Crippen molar-refractivity contribution in [2.24, 2.45) is 0 Å². The predicted octanol–water partition coefficient (Wildman–Crippen LogP) is 5.31. The first kappa shape index (κ1) is 23.5. The monoisotopic (exact) mass is 467 g/mol. The number of rotatable bonds is 9. The number of ether oxygens (including phenoxy) is 2. The van der Waals surface area contributed by atoms with Gasteiger partial charge in [0.2, 0.25) is 0 Å². The van der Waals surface area contributed by atoms with E-state index in [1.165, 1.54) is 0 Å². The van der Waals surface area contributed by atoms with Gasteiger partial charge < -0.3 is 24.1 Å². The lowest BCUT2D eigenvalue weighted by Crippen LogP contribution is -2.41. The van der Waals surface area contributed by atoms with Gasteiger partial charge in [-0.2, -0.15) is 0 Å². The maximum absolute atomic E-state index is 6.18. The lowest BCUT2D eigenvalue weighted by molar-refractivity contribution is 0.0365. The van der Waals surface area contributed by atoms with Gasteiger partial charge in [0.1, 0.15) is 17.1 Å². The van der Waals surface area contributed by atoms with Crippen molar-refractivity contribution in [1.29, 1.82) is 0 Å². The number of benzene rings is 2. The minimum absolute atomic E-state index is 0.00443. The Hall–Kier alpha value is -2.61. The van der Waals surface area contributed by atoms with Crippen molar-refractivity contribution in [2.75, 3.05) is 51.3 Å². The molecular formula is C26H33N3O3S. The van der Waals surface area contributed by atoms with Crippen LogP contribution in [0.1, 0.15) is 32.1 Å². The van der Waals surface area contributed by atoms with E-state index in [-0.39, 0.29) is 6.04 Å². The van der Waals surface area contributed by atoms with Crippen molar-refractivity contribution in [3.05, 3.63) is 60.4 Å². The van der Waals surface area contributed by atoms with E-state index in [0.717, 1.165) is 74.0 Å². The van der Waals surface area contributed by atoms with Gasteiger partial charge in [-0.1, -0.05) is 18.2 Å². The largest absolute Gasteiger partial charge is 0.494 e. The highest BCUT2D eigenvalue weighted by Crippen LogP contribution is 2.28. The third-order valence-corrected chi connectivity index (χ3v) is 6.31. The summed E-state index contributed by atoms with van der Waals surface area (Å²) in [5.74, 6) is 1.77. The van der Waals surface area contributed by atoms with Crippen molar-refractivity contribution in [3.8, 4) is 5.75 Å². The van der Waals surface area contributed by atoms with E-state index in [0.29, 0.717) is 11.7 Å². The molecule has 0 bridgehead atoms. The fourth-order valence-corrected chi connectivity index (χ4v) is 4.49. The molecule has 2 heterocycles. The number of hydrogen-bond donors (Lipinski definition) is 1. The van der Waals surface area contributed by atoms with E-state index in [4.69, 9.17) is 26.1 Å². The van der Waals surface area contributed by atoms with Gasteiger partial charge in [-0.15, -0.1) is 0 Å². The number of fused-ring (bicyclic) bond motifs is 1. The molecule has 1 N–H and O–H groups in total. The number of furan rings is 1. The minimum Gasteiger partial charge on any atom is -0.494 e. The number of nitrogens with zero attached hydrogens (tertiary/aromatic N) is 2. The molecule has 1 aliphatic heterocycles. The van der Waals surface area contributed by atoms with E-state index >= 15 is 0 Å². The van der Waals surface area contributed by atoms with Crippen LogP contribution in [0.25, 0.3) is 11.0 Å². The highest BCUT2D eigenvalue weighted by molar-refractivity contribution is 7.80. The summed E-state index contributed by atoms with van der Waals surface area (Å²) in [4.78, 5) is 4.68. The lowest BCUT2D eigenvalue weighted by Gasteiger charge is -2.32. The van der Waals surface area contributed by atoms with Crippen LogP contribution in [-0.2, 0) is 4.74 Å². The Morgan fingerprint density at radius 3 is 2.64 bits per heavy atom. The molecular weight excluding hydrogens is 434 g/mol. The molecule has 7 heteroatoms. The minimum atomic E-state index is 0.00443. The number of nitrogens with one attached hydrogen (secondary N) is 1. The van der Waals surface area contributed by atoms with Crippen LogP contribution in [0.2, 0.25) is 0 Å². The summed E-state index contributed by atoms with van der Waals surface area (Å²) in [6.07, 6.45) is 1.01. The second kappa shape index (κ2) is 11.5. The highest BCUT2D eigenvalue weighted by atomic mass is 32.1. The van der Waals surface area contributed by atoms with Crippen molar-refractivity contribution in [1.82, 2.24) is 9.80 Å². The Bertz CT molecular complexity index is 998. The van der Waals surface area contributed by atoms with Gasteiger partial charge in [-0.25, -0.2) is 0 Å². The Balaban J connectivity index is 1.47. The van der Waals surface area contributed by atoms with Crippen LogP contribution >= 0.6 is 12.2 Å². The zero-order valence-corrected chi connectivity index (χ0v) is 20.3.